The van der Waals surface area contributed by atoms with E-state index in [1.54, 1.807) is 4.52 Å². The average molecular weight is 293 g/mol. The molecule has 22 heavy (non-hydrogen) atoms. The summed E-state index contributed by atoms with van der Waals surface area (Å²) in [6, 6.07) is 9.58. The maximum Gasteiger partial charge on any atom is 0.256 e. The summed E-state index contributed by atoms with van der Waals surface area (Å²) in [6.07, 6.45) is 4.87. The summed E-state index contributed by atoms with van der Waals surface area (Å²) in [5.41, 5.74) is 9.57. The molecule has 3 N–H and O–H groups in total. The molecule has 0 fully saturated rings. The van der Waals surface area contributed by atoms with Crippen LogP contribution >= 0.6 is 0 Å². The van der Waals surface area contributed by atoms with Crippen LogP contribution in [0.3, 0.4) is 0 Å². The molecule has 1 aliphatic rings. The van der Waals surface area contributed by atoms with Crippen molar-refractivity contribution in [1.82, 2.24) is 14.6 Å². The third kappa shape index (κ3) is 1.92. The number of primary amides is 1. The van der Waals surface area contributed by atoms with Crippen molar-refractivity contribution in [1.29, 1.82) is 0 Å². The number of nitrogens with one attached hydrogen (secondary N) is 1. The van der Waals surface area contributed by atoms with Crippen LogP contribution in [0, 0.1) is 0 Å². The lowest BCUT2D eigenvalue weighted by Crippen LogP contribution is -2.13. The van der Waals surface area contributed by atoms with Gasteiger partial charge in [-0.3, -0.25) is 4.79 Å². The van der Waals surface area contributed by atoms with Gasteiger partial charge in [-0.05, 0) is 37.0 Å². The van der Waals surface area contributed by atoms with Crippen molar-refractivity contribution in [2.75, 3.05) is 5.32 Å². The first kappa shape index (κ1) is 12.8. The molecule has 0 unspecified atom stereocenters. The standard InChI is InChI=1S/C16H15N5O/c17-14(22)13-15(19-11-6-2-1-3-7-11)20-21-12-8-4-5-10(12)9-18-16(13)21/h1-3,6-7,9H,4-5,8H2,(H2,17,22)(H,19,20). The Bertz CT molecular complexity index is 869. The molecule has 0 atom stereocenters. The monoisotopic (exact) mass is 293 g/mol. The number of aromatic nitrogens is 3. The van der Waals surface area contributed by atoms with Crippen LogP contribution in [0.25, 0.3) is 5.65 Å². The van der Waals surface area contributed by atoms with Gasteiger partial charge in [0.05, 0.1) is 0 Å². The van der Waals surface area contributed by atoms with Crippen molar-refractivity contribution < 1.29 is 4.79 Å². The zero-order valence-electron chi connectivity index (χ0n) is 11.9. The highest BCUT2D eigenvalue weighted by atomic mass is 16.1. The van der Waals surface area contributed by atoms with Gasteiger partial charge in [-0.2, -0.15) is 0 Å². The van der Waals surface area contributed by atoms with Crippen molar-refractivity contribution in [3.05, 3.63) is 53.3 Å². The number of para-hydroxylation sites is 1. The number of fused-ring (bicyclic) bond motifs is 3. The average Bonchev–Trinajstić information content (AvgIpc) is 3.11. The molecular weight excluding hydrogens is 278 g/mol. The Morgan fingerprint density at radius 2 is 2.05 bits per heavy atom. The summed E-state index contributed by atoms with van der Waals surface area (Å²) in [5, 5.41) is 7.70. The predicted molar refractivity (Wildman–Crippen MR) is 83.3 cm³/mol. The molecule has 0 saturated heterocycles. The van der Waals surface area contributed by atoms with Crippen LogP contribution in [-0.2, 0) is 12.8 Å². The predicted octanol–water partition coefficient (Wildman–Crippen LogP) is 2.06. The van der Waals surface area contributed by atoms with E-state index in [0.29, 0.717) is 17.0 Å². The molecule has 6 nitrogen and oxygen atoms in total. The van der Waals surface area contributed by atoms with Crippen LogP contribution in [0.1, 0.15) is 28.0 Å². The van der Waals surface area contributed by atoms with E-state index in [1.165, 1.54) is 5.56 Å². The second-order valence-corrected chi connectivity index (χ2v) is 5.40. The molecule has 2 aromatic heterocycles. The Morgan fingerprint density at radius 3 is 2.82 bits per heavy atom. The fourth-order valence-electron chi connectivity index (χ4n) is 2.96. The van der Waals surface area contributed by atoms with Gasteiger partial charge in [0.2, 0.25) is 0 Å². The van der Waals surface area contributed by atoms with Crippen LogP contribution in [0.5, 0.6) is 0 Å². The number of carbonyl (C=O) groups excluding carboxylic acids is 1. The highest BCUT2D eigenvalue weighted by molar-refractivity contribution is 6.04. The summed E-state index contributed by atoms with van der Waals surface area (Å²) in [7, 11) is 0. The highest BCUT2D eigenvalue weighted by Crippen LogP contribution is 2.27. The van der Waals surface area contributed by atoms with Crippen LogP contribution < -0.4 is 11.1 Å². The molecule has 0 aliphatic heterocycles. The second kappa shape index (κ2) is 4.84. The molecule has 1 amide bonds. The van der Waals surface area contributed by atoms with Crippen molar-refractivity contribution in [2.45, 2.75) is 19.3 Å². The third-order valence-electron chi connectivity index (χ3n) is 3.97. The lowest BCUT2D eigenvalue weighted by atomic mass is 10.2. The van der Waals surface area contributed by atoms with Gasteiger partial charge in [-0.25, -0.2) is 9.50 Å². The fraction of sp³-hybridized carbons (Fsp3) is 0.188. The number of nitrogens with two attached hydrogens (primary N) is 1. The summed E-state index contributed by atoms with van der Waals surface area (Å²) < 4.78 is 1.76. The molecule has 3 aromatic rings. The molecule has 110 valence electrons. The molecule has 0 bridgehead atoms. The smallest absolute Gasteiger partial charge is 0.256 e. The zero-order chi connectivity index (χ0) is 15.1. The molecule has 0 saturated carbocycles. The number of hydrogen-bond acceptors (Lipinski definition) is 4. The van der Waals surface area contributed by atoms with Crippen molar-refractivity contribution in [3.8, 4) is 0 Å². The van der Waals surface area contributed by atoms with Gasteiger partial charge in [0.15, 0.2) is 11.5 Å². The molecular formula is C16H15N5O. The first-order valence-electron chi connectivity index (χ1n) is 7.25. The number of rotatable bonds is 3. The number of anilines is 2. The van der Waals surface area contributed by atoms with Crippen LogP contribution in [0.4, 0.5) is 11.5 Å². The summed E-state index contributed by atoms with van der Waals surface area (Å²) in [5.74, 6) is -0.0784. The minimum atomic E-state index is -0.529. The second-order valence-electron chi connectivity index (χ2n) is 5.40. The van der Waals surface area contributed by atoms with E-state index in [9.17, 15) is 4.79 Å². The van der Waals surface area contributed by atoms with E-state index in [4.69, 9.17) is 5.73 Å². The van der Waals surface area contributed by atoms with E-state index in [0.717, 1.165) is 30.6 Å². The largest absolute Gasteiger partial charge is 0.365 e. The van der Waals surface area contributed by atoms with Gasteiger partial charge >= 0.3 is 0 Å². The van der Waals surface area contributed by atoms with E-state index < -0.39 is 5.91 Å². The van der Waals surface area contributed by atoms with Gasteiger partial charge in [0.1, 0.15) is 5.56 Å². The number of carbonyl (C=O) groups is 1. The summed E-state index contributed by atoms with van der Waals surface area (Å²) >= 11 is 0. The van der Waals surface area contributed by atoms with Gasteiger partial charge in [0, 0.05) is 17.6 Å². The SMILES string of the molecule is NC(=O)c1c(Nc2ccccc2)nn2c3c(cnc12)CCC3. The zero-order valence-corrected chi connectivity index (χ0v) is 11.9. The first-order valence-corrected chi connectivity index (χ1v) is 7.25. The summed E-state index contributed by atoms with van der Waals surface area (Å²) in [6.45, 7) is 0. The summed E-state index contributed by atoms with van der Waals surface area (Å²) in [4.78, 5) is 16.3. The number of nitrogens with zero attached hydrogens (tertiary/aromatic N) is 3. The van der Waals surface area contributed by atoms with E-state index in [2.05, 4.69) is 15.4 Å². The number of benzene rings is 1. The Labute approximate surface area is 127 Å². The van der Waals surface area contributed by atoms with Crippen LogP contribution in [-0.4, -0.2) is 20.5 Å². The van der Waals surface area contributed by atoms with Crippen molar-refractivity contribution >= 4 is 23.1 Å². The number of hydrogen-bond donors (Lipinski definition) is 2. The van der Waals surface area contributed by atoms with E-state index >= 15 is 0 Å². The lowest BCUT2D eigenvalue weighted by Gasteiger charge is -2.03. The minimum absolute atomic E-state index is 0.332. The first-order chi connectivity index (χ1) is 10.7. The molecule has 6 heteroatoms. The lowest BCUT2D eigenvalue weighted by molar-refractivity contribution is 0.100. The van der Waals surface area contributed by atoms with Gasteiger partial charge < -0.3 is 11.1 Å². The minimum Gasteiger partial charge on any atom is -0.365 e. The molecule has 0 spiro atoms. The third-order valence-corrected chi connectivity index (χ3v) is 3.97. The highest BCUT2D eigenvalue weighted by Gasteiger charge is 2.23. The molecule has 1 aromatic carbocycles. The molecule has 0 radical (unpaired) electrons. The Morgan fingerprint density at radius 1 is 1.23 bits per heavy atom. The van der Waals surface area contributed by atoms with Gasteiger partial charge in [0.25, 0.3) is 5.91 Å². The van der Waals surface area contributed by atoms with Gasteiger partial charge in [-0.1, -0.05) is 18.2 Å². The van der Waals surface area contributed by atoms with Crippen LogP contribution in [0.2, 0.25) is 0 Å². The normalized spacial score (nSPS) is 13.3. The fourth-order valence-corrected chi connectivity index (χ4v) is 2.96. The maximum atomic E-state index is 11.9. The topological polar surface area (TPSA) is 85.3 Å². The maximum absolute atomic E-state index is 11.9. The molecule has 2 heterocycles. The van der Waals surface area contributed by atoms with Crippen LogP contribution in [0.15, 0.2) is 36.5 Å². The van der Waals surface area contributed by atoms with E-state index in [1.807, 2.05) is 36.5 Å². The number of aryl methyl sites for hydroxylation is 2. The Kier molecular flexibility index (Phi) is 2.82. The number of amides is 1. The quantitative estimate of drug-likeness (QED) is 0.774. The Balaban J connectivity index is 1.90. The van der Waals surface area contributed by atoms with Crippen molar-refractivity contribution in [3.63, 3.8) is 0 Å². The molecule has 4 rings (SSSR count). The Hall–Kier alpha value is -2.89. The molecule has 1 aliphatic carbocycles. The van der Waals surface area contributed by atoms with E-state index in [-0.39, 0.29) is 0 Å². The van der Waals surface area contributed by atoms with Crippen molar-refractivity contribution in [2.24, 2.45) is 5.73 Å². The van der Waals surface area contributed by atoms with Gasteiger partial charge in [-0.15, -0.1) is 5.10 Å².